The summed E-state index contributed by atoms with van der Waals surface area (Å²) in [6.45, 7) is 0. The van der Waals surface area contributed by atoms with Crippen LogP contribution in [0.25, 0.3) is 0 Å². The molecule has 0 bridgehead atoms. The molecule has 0 aliphatic carbocycles. The minimum atomic E-state index is -0.998. The highest BCUT2D eigenvalue weighted by atomic mass is 33.1. The molecule has 0 aromatic carbocycles. The maximum absolute atomic E-state index is 9.90. The van der Waals surface area contributed by atoms with Gasteiger partial charge in [0.15, 0.2) is 0 Å². The van der Waals surface area contributed by atoms with Gasteiger partial charge in [-0.15, -0.1) is 0 Å². The Morgan fingerprint density at radius 3 is 2.62 bits per heavy atom. The van der Waals surface area contributed by atoms with E-state index in [0.717, 1.165) is 10.8 Å². The molecule has 0 aliphatic heterocycles. The Morgan fingerprint density at radius 1 is 2.00 bits per heavy atom. The first-order chi connectivity index (χ1) is 3.68. The van der Waals surface area contributed by atoms with Gasteiger partial charge in [0.05, 0.1) is 0 Å². The van der Waals surface area contributed by atoms with Crippen LogP contribution in [0.2, 0.25) is 0 Å². The first kappa shape index (κ1) is 8.13. The molecule has 0 aromatic heterocycles. The van der Waals surface area contributed by atoms with E-state index in [1.807, 2.05) is 0 Å². The predicted octanol–water partition coefficient (Wildman–Crippen LogP) is 0.244. The van der Waals surface area contributed by atoms with Crippen LogP contribution in [0.5, 0.6) is 0 Å². The van der Waals surface area contributed by atoms with E-state index in [1.165, 1.54) is 0 Å². The highest BCUT2D eigenvalue weighted by Crippen LogP contribution is 2.04. The number of aliphatic carboxylic acids is 1. The zero-order valence-electron chi connectivity index (χ0n) is 4.03. The third-order valence-electron chi connectivity index (χ3n) is 0.565. The summed E-state index contributed by atoms with van der Waals surface area (Å²) in [5.74, 6) is -0.702. The minimum absolute atomic E-state index is 0.296. The van der Waals surface area contributed by atoms with Crippen LogP contribution in [0.15, 0.2) is 0 Å². The van der Waals surface area contributed by atoms with Crippen molar-refractivity contribution in [2.24, 2.45) is 5.73 Å². The molecule has 1 unspecified atom stereocenters. The second-order valence-corrected chi connectivity index (χ2v) is 2.51. The summed E-state index contributed by atoms with van der Waals surface area (Å²) in [6, 6.07) is -0.808. The number of carboxylic acids is 1. The van der Waals surface area contributed by atoms with Crippen LogP contribution in [0.4, 0.5) is 0 Å². The van der Waals surface area contributed by atoms with E-state index in [2.05, 4.69) is 11.7 Å². The molecule has 8 heavy (non-hydrogen) atoms. The van der Waals surface area contributed by atoms with E-state index in [-0.39, 0.29) is 0 Å². The van der Waals surface area contributed by atoms with E-state index >= 15 is 0 Å². The van der Waals surface area contributed by atoms with Gasteiger partial charge in [-0.3, -0.25) is 4.79 Å². The first-order valence-electron chi connectivity index (χ1n) is 1.91. The molecule has 0 aliphatic rings. The normalized spacial score (nSPS) is 13.2. The molecule has 47 valence electrons. The SMILES string of the molecule is NC(CS[S])C(=O)O. The molecule has 3 N–H and O–H groups in total. The molecule has 0 spiro atoms. The van der Waals surface area contributed by atoms with Gasteiger partial charge < -0.3 is 10.8 Å². The van der Waals surface area contributed by atoms with E-state index in [0.29, 0.717) is 5.75 Å². The molecule has 0 fully saturated rings. The molecule has 1 atom stereocenters. The van der Waals surface area contributed by atoms with Crippen LogP contribution in [0.3, 0.4) is 0 Å². The zero-order valence-corrected chi connectivity index (χ0v) is 5.67. The van der Waals surface area contributed by atoms with E-state index in [1.54, 1.807) is 0 Å². The van der Waals surface area contributed by atoms with Crippen molar-refractivity contribution in [1.82, 2.24) is 0 Å². The average molecular weight is 152 g/mol. The van der Waals surface area contributed by atoms with Gasteiger partial charge in [0, 0.05) is 5.75 Å². The molecule has 0 amide bonds. The summed E-state index contributed by atoms with van der Waals surface area (Å²) in [5.41, 5.74) is 5.04. The van der Waals surface area contributed by atoms with Crippen molar-refractivity contribution in [3.63, 3.8) is 0 Å². The maximum atomic E-state index is 9.90. The molecule has 0 saturated heterocycles. The van der Waals surface area contributed by atoms with Crippen LogP contribution in [0, 0.1) is 0 Å². The lowest BCUT2D eigenvalue weighted by Gasteiger charge is -1.99. The van der Waals surface area contributed by atoms with Gasteiger partial charge in [-0.2, -0.15) is 0 Å². The number of carboxylic acid groups (broad SMARTS) is 1. The Balaban J connectivity index is 3.32. The Hall–Kier alpha value is 0.130. The van der Waals surface area contributed by atoms with E-state index < -0.39 is 12.0 Å². The number of nitrogens with two attached hydrogens (primary N) is 1. The van der Waals surface area contributed by atoms with Gasteiger partial charge in [-0.25, -0.2) is 0 Å². The largest absolute Gasteiger partial charge is 0.480 e. The topological polar surface area (TPSA) is 63.3 Å². The summed E-state index contributed by atoms with van der Waals surface area (Å²) in [6.07, 6.45) is 0. The molecular formula is C3H6NO2S2. The Bertz CT molecular complexity index is 87.4. The lowest BCUT2D eigenvalue weighted by atomic mass is 10.4. The Kier molecular flexibility index (Phi) is 4.12. The van der Waals surface area contributed by atoms with Crippen molar-refractivity contribution in [2.45, 2.75) is 6.04 Å². The summed E-state index contributed by atoms with van der Waals surface area (Å²) in [5, 5.41) is 8.13. The van der Waals surface area contributed by atoms with Crippen LogP contribution >= 0.6 is 22.5 Å². The summed E-state index contributed by atoms with van der Waals surface area (Å²) in [7, 11) is 1.02. The van der Waals surface area contributed by atoms with Gasteiger partial charge in [0.1, 0.15) is 6.04 Å². The minimum Gasteiger partial charge on any atom is -0.480 e. The lowest BCUT2D eigenvalue weighted by Crippen LogP contribution is -2.31. The summed E-state index contributed by atoms with van der Waals surface area (Å²) >= 11 is 4.42. The molecule has 5 heteroatoms. The average Bonchev–Trinajstić information content (AvgIpc) is 1.67. The summed E-state index contributed by atoms with van der Waals surface area (Å²) in [4.78, 5) is 9.90. The van der Waals surface area contributed by atoms with E-state index in [9.17, 15) is 4.79 Å². The van der Waals surface area contributed by atoms with Crippen molar-refractivity contribution in [1.29, 1.82) is 0 Å². The number of carbonyl (C=O) groups is 1. The monoisotopic (exact) mass is 152 g/mol. The van der Waals surface area contributed by atoms with Crippen LogP contribution in [-0.2, 0) is 4.79 Å². The highest BCUT2D eigenvalue weighted by Gasteiger charge is 2.08. The van der Waals surface area contributed by atoms with Crippen molar-refractivity contribution < 1.29 is 9.90 Å². The van der Waals surface area contributed by atoms with Gasteiger partial charge in [0.25, 0.3) is 0 Å². The third kappa shape index (κ3) is 3.17. The Labute approximate surface area is 56.4 Å². The maximum Gasteiger partial charge on any atom is 0.321 e. The zero-order chi connectivity index (χ0) is 6.57. The molecule has 0 aromatic rings. The summed E-state index contributed by atoms with van der Waals surface area (Å²) < 4.78 is 0. The standard InChI is InChI=1S/C3H6NO2S2/c4-2(1-8-7)3(5)6/h2H,1,4H2,(H,5,6). The number of hydrogen-bond donors (Lipinski definition) is 2. The third-order valence-corrected chi connectivity index (χ3v) is 1.47. The van der Waals surface area contributed by atoms with Crippen molar-refractivity contribution >= 4 is 28.4 Å². The van der Waals surface area contributed by atoms with Crippen molar-refractivity contribution in [3.8, 4) is 0 Å². The van der Waals surface area contributed by atoms with Crippen LogP contribution in [0.1, 0.15) is 0 Å². The molecule has 0 heterocycles. The van der Waals surface area contributed by atoms with Gasteiger partial charge in [0.2, 0.25) is 0 Å². The molecule has 3 nitrogen and oxygen atoms in total. The molecule has 0 rings (SSSR count). The molecular weight excluding hydrogens is 146 g/mol. The fourth-order valence-electron chi connectivity index (χ4n) is 0.145. The second-order valence-electron chi connectivity index (χ2n) is 1.23. The first-order valence-corrected chi connectivity index (χ1v) is 3.82. The lowest BCUT2D eigenvalue weighted by molar-refractivity contribution is -0.137. The fraction of sp³-hybridized carbons (Fsp3) is 0.667. The number of hydrogen-bond acceptors (Lipinski definition) is 3. The molecule has 1 radical (unpaired) electrons. The van der Waals surface area contributed by atoms with E-state index in [4.69, 9.17) is 10.8 Å². The van der Waals surface area contributed by atoms with Crippen molar-refractivity contribution in [3.05, 3.63) is 0 Å². The smallest absolute Gasteiger partial charge is 0.321 e. The predicted molar refractivity (Wildman–Crippen MR) is 35.7 cm³/mol. The van der Waals surface area contributed by atoms with Crippen molar-refractivity contribution in [2.75, 3.05) is 5.75 Å². The molecule has 0 saturated carbocycles. The Morgan fingerprint density at radius 2 is 2.50 bits per heavy atom. The fourth-order valence-corrected chi connectivity index (χ4v) is 0.874. The second kappa shape index (κ2) is 4.05. The number of rotatable bonds is 3. The van der Waals surface area contributed by atoms with Gasteiger partial charge in [-0.1, -0.05) is 10.8 Å². The van der Waals surface area contributed by atoms with Gasteiger partial charge in [-0.05, 0) is 11.7 Å². The quantitative estimate of drug-likeness (QED) is 0.569. The van der Waals surface area contributed by atoms with Crippen LogP contribution in [-0.4, -0.2) is 22.9 Å². The highest BCUT2D eigenvalue weighted by molar-refractivity contribution is 8.68. The van der Waals surface area contributed by atoms with Crippen LogP contribution < -0.4 is 5.73 Å². The van der Waals surface area contributed by atoms with Gasteiger partial charge >= 0.3 is 5.97 Å².